The van der Waals surface area contributed by atoms with Gasteiger partial charge >= 0.3 is 0 Å². The molecule has 0 saturated carbocycles. The van der Waals surface area contributed by atoms with Crippen LogP contribution in [0.2, 0.25) is 0 Å². The summed E-state index contributed by atoms with van der Waals surface area (Å²) in [7, 11) is 0. The van der Waals surface area contributed by atoms with E-state index in [1.54, 1.807) is 0 Å². The second-order valence-corrected chi connectivity index (χ2v) is 0. The van der Waals surface area contributed by atoms with Gasteiger partial charge in [0.15, 0.2) is 34.7 Å². The molecule has 5 heavy (non-hydrogen) atoms. The average molecular weight is 532 g/mol. The van der Waals surface area contributed by atoms with Crippen LogP contribution in [0.4, 0.5) is 0 Å². The van der Waals surface area contributed by atoms with Crippen molar-refractivity contribution >= 4 is 34.7 Å². The van der Waals surface area contributed by atoms with Gasteiger partial charge in [-0.1, -0.05) is 0 Å². The van der Waals surface area contributed by atoms with E-state index in [1.807, 2.05) is 0 Å². The first-order chi connectivity index (χ1) is 0. The summed E-state index contributed by atoms with van der Waals surface area (Å²) in [5.74, 6) is 0. The molecular formula is H6Al2Gd3. The third kappa shape index (κ3) is 17.6. The van der Waals surface area contributed by atoms with Crippen molar-refractivity contribution in [1.29, 1.82) is 0 Å². The van der Waals surface area contributed by atoms with Crippen molar-refractivity contribution in [1.82, 2.24) is 0 Å². The summed E-state index contributed by atoms with van der Waals surface area (Å²) in [6.07, 6.45) is 0. The minimum Gasteiger partial charge on any atom is 0 e. The molecule has 0 fully saturated rings. The number of rotatable bonds is 0. The van der Waals surface area contributed by atoms with Crippen LogP contribution in [0.15, 0.2) is 0 Å². The van der Waals surface area contributed by atoms with Crippen LogP contribution in [0.5, 0.6) is 0 Å². The summed E-state index contributed by atoms with van der Waals surface area (Å²) in [6, 6.07) is 0. The number of hydrogen-bond acceptors (Lipinski definition) is 0. The van der Waals surface area contributed by atoms with Crippen molar-refractivity contribution in [3.63, 3.8) is 0 Å². The van der Waals surface area contributed by atoms with Gasteiger partial charge in [0.2, 0.25) is 0 Å². The van der Waals surface area contributed by atoms with Gasteiger partial charge in [0, 0.05) is 120 Å². The van der Waals surface area contributed by atoms with Gasteiger partial charge in [-0.25, -0.2) is 0 Å². The predicted molar refractivity (Wildman–Crippen MR) is 19.9 cm³/mol. The van der Waals surface area contributed by atoms with Gasteiger partial charge in [0.25, 0.3) is 0 Å². The van der Waals surface area contributed by atoms with E-state index in [2.05, 4.69) is 0 Å². The summed E-state index contributed by atoms with van der Waals surface area (Å²) in [5.41, 5.74) is 0. The van der Waals surface area contributed by atoms with Gasteiger partial charge in [-0.05, 0) is 0 Å². The van der Waals surface area contributed by atoms with Crippen LogP contribution < -0.4 is 0 Å². The van der Waals surface area contributed by atoms with E-state index in [-0.39, 0.29) is 155 Å². The van der Waals surface area contributed by atoms with Gasteiger partial charge in [-0.15, -0.1) is 0 Å². The molecule has 0 nitrogen and oxygen atoms in total. The molecule has 0 aromatic carbocycles. The van der Waals surface area contributed by atoms with E-state index in [0.29, 0.717) is 0 Å². The molecule has 36 valence electrons. The monoisotopic (exact) mass is 534 g/mol. The van der Waals surface area contributed by atoms with Crippen molar-refractivity contribution in [3.05, 3.63) is 0 Å². The quantitative estimate of drug-likeness (QED) is 0.307. The second-order valence-electron chi connectivity index (χ2n) is 0. The Balaban J connectivity index is 0. The fraction of sp³-hybridized carbons (Fsp3) is 0. The summed E-state index contributed by atoms with van der Waals surface area (Å²) in [4.78, 5) is 0. The Bertz CT molecular complexity index is 4.85. The first kappa shape index (κ1) is 32.3. The molecule has 0 bridgehead atoms. The minimum atomic E-state index is 0. The molecule has 0 rings (SSSR count). The largest absolute Gasteiger partial charge is 0.187 e. The van der Waals surface area contributed by atoms with E-state index in [1.165, 1.54) is 0 Å². The zero-order chi connectivity index (χ0) is 0. The third-order valence-corrected chi connectivity index (χ3v) is 0. The maximum Gasteiger partial charge on any atom is 0.187 e. The average Bonchev–Trinajstić information content (AvgIpc) is 0. The molecule has 0 spiro atoms. The maximum atomic E-state index is 0. The van der Waals surface area contributed by atoms with E-state index < -0.39 is 0 Å². The molecule has 0 aliphatic heterocycles. The molecule has 0 aliphatic rings. The normalized spacial score (nSPS) is 0. The Morgan fingerprint density at radius 3 is 0.400 bits per heavy atom. The molecular weight excluding hydrogens is 526 g/mol. The SMILES string of the molecule is [AlH3].[AlH3].[Gd].[Gd].[Gd]. The minimum absolute atomic E-state index is 0. The Morgan fingerprint density at radius 1 is 0.400 bits per heavy atom. The van der Waals surface area contributed by atoms with Gasteiger partial charge in [-0.3, -0.25) is 0 Å². The van der Waals surface area contributed by atoms with Crippen molar-refractivity contribution in [2.24, 2.45) is 0 Å². The topological polar surface area (TPSA) is 0 Å². The fourth-order valence-electron chi connectivity index (χ4n) is 0. The standard InChI is InChI=1S/2Al.3Gd.6H. The molecule has 0 unspecified atom stereocenters. The van der Waals surface area contributed by atoms with Crippen LogP contribution in [0, 0.1) is 120 Å². The van der Waals surface area contributed by atoms with Crippen LogP contribution in [-0.4, -0.2) is 34.7 Å². The molecule has 0 aromatic heterocycles. The zero-order valence-electron chi connectivity index (χ0n) is 1.06. The maximum absolute atomic E-state index is 0. The molecule has 0 heterocycles. The molecule has 0 radical (unpaired) electrons. The van der Waals surface area contributed by atoms with Crippen LogP contribution in [0.25, 0.3) is 0 Å². The molecule has 0 aliphatic carbocycles. The first-order valence-electron chi connectivity index (χ1n) is 0. The molecule has 0 aromatic rings. The van der Waals surface area contributed by atoms with E-state index in [4.69, 9.17) is 0 Å². The Labute approximate surface area is 150 Å². The molecule has 0 N–H and O–H groups in total. The van der Waals surface area contributed by atoms with Gasteiger partial charge in [0.05, 0.1) is 0 Å². The number of hydrogen-bond donors (Lipinski definition) is 0. The molecule has 0 amide bonds. The summed E-state index contributed by atoms with van der Waals surface area (Å²) < 4.78 is 0. The third-order valence-electron chi connectivity index (χ3n) is 0. The van der Waals surface area contributed by atoms with Gasteiger partial charge in [0.1, 0.15) is 0 Å². The summed E-state index contributed by atoms with van der Waals surface area (Å²) in [5, 5.41) is 0. The van der Waals surface area contributed by atoms with E-state index in [9.17, 15) is 0 Å². The van der Waals surface area contributed by atoms with Crippen LogP contribution in [0.3, 0.4) is 0 Å². The summed E-state index contributed by atoms with van der Waals surface area (Å²) >= 11 is 0. The van der Waals surface area contributed by atoms with Gasteiger partial charge < -0.3 is 0 Å². The molecule has 5 heteroatoms. The van der Waals surface area contributed by atoms with Crippen molar-refractivity contribution in [2.45, 2.75) is 0 Å². The van der Waals surface area contributed by atoms with Crippen LogP contribution >= 0.6 is 0 Å². The second kappa shape index (κ2) is 23.0. The molecule has 0 atom stereocenters. The van der Waals surface area contributed by atoms with Crippen LogP contribution in [0.1, 0.15) is 0 Å². The smallest absolute Gasteiger partial charge is 0 e. The van der Waals surface area contributed by atoms with Crippen molar-refractivity contribution in [3.8, 4) is 0 Å². The Kier molecular flexibility index (Phi) is 149. The van der Waals surface area contributed by atoms with Crippen molar-refractivity contribution < 1.29 is 120 Å². The Hall–Kier alpha value is 5.04. The Morgan fingerprint density at radius 2 is 0.400 bits per heavy atom. The van der Waals surface area contributed by atoms with E-state index in [0.717, 1.165) is 0 Å². The predicted octanol–water partition coefficient (Wildman–Crippen LogP) is -2.37. The molecule has 0 saturated heterocycles. The first-order valence-corrected chi connectivity index (χ1v) is 0. The van der Waals surface area contributed by atoms with Gasteiger partial charge in [-0.2, -0.15) is 0 Å². The van der Waals surface area contributed by atoms with Crippen molar-refractivity contribution in [2.75, 3.05) is 0 Å². The zero-order valence-corrected chi connectivity index (χ0v) is 7.87. The van der Waals surface area contributed by atoms with E-state index >= 15 is 0 Å². The fourth-order valence-corrected chi connectivity index (χ4v) is 0. The summed E-state index contributed by atoms with van der Waals surface area (Å²) in [6.45, 7) is 0. The van der Waals surface area contributed by atoms with Crippen LogP contribution in [-0.2, 0) is 0 Å².